The summed E-state index contributed by atoms with van der Waals surface area (Å²) in [6, 6.07) is 9.38. The molecule has 1 aliphatic carbocycles. The Morgan fingerprint density at radius 2 is 2.10 bits per heavy atom. The van der Waals surface area contributed by atoms with Crippen molar-refractivity contribution in [3.8, 4) is 0 Å². The molecule has 110 valence electrons. The van der Waals surface area contributed by atoms with Gasteiger partial charge in [0.2, 0.25) is 0 Å². The topological polar surface area (TPSA) is 28.2 Å². The minimum Gasteiger partial charge on any atom is -0.360 e. The van der Waals surface area contributed by atoms with E-state index in [1.54, 1.807) is 0 Å². The van der Waals surface area contributed by atoms with Crippen LogP contribution in [0.4, 0.5) is 0 Å². The van der Waals surface area contributed by atoms with E-state index in [9.17, 15) is 0 Å². The number of rotatable bonds is 2. The first-order chi connectivity index (χ1) is 10.3. The first kappa shape index (κ1) is 13.5. The van der Waals surface area contributed by atoms with E-state index in [1.807, 2.05) is 11.3 Å². The van der Waals surface area contributed by atoms with Gasteiger partial charge in [-0.05, 0) is 56.5 Å². The molecule has 2 aliphatic rings. The predicted octanol–water partition coefficient (Wildman–Crippen LogP) is 3.86. The van der Waals surface area contributed by atoms with Crippen LogP contribution in [-0.4, -0.2) is 27.6 Å². The number of fused-ring (bicyclic) bond motifs is 1. The van der Waals surface area contributed by atoms with Crippen LogP contribution >= 0.6 is 23.6 Å². The minimum absolute atomic E-state index is 0.356. The Labute approximate surface area is 134 Å². The largest absolute Gasteiger partial charge is 0.360 e. The van der Waals surface area contributed by atoms with Crippen molar-refractivity contribution in [2.75, 3.05) is 6.54 Å². The van der Waals surface area contributed by atoms with E-state index in [4.69, 9.17) is 17.2 Å². The van der Waals surface area contributed by atoms with E-state index in [0.717, 1.165) is 23.6 Å². The molecule has 2 aromatic rings. The maximum Gasteiger partial charge on any atom is 0.169 e. The number of nitrogens with zero attached hydrogens (tertiary/aromatic N) is 2. The summed E-state index contributed by atoms with van der Waals surface area (Å²) in [7, 11) is 0. The van der Waals surface area contributed by atoms with Crippen molar-refractivity contribution in [3.05, 3.63) is 29.3 Å². The van der Waals surface area contributed by atoms with Gasteiger partial charge in [0.05, 0.1) is 16.3 Å². The van der Waals surface area contributed by atoms with Gasteiger partial charge in [0.1, 0.15) is 5.01 Å². The van der Waals surface area contributed by atoms with Gasteiger partial charge in [-0.25, -0.2) is 4.98 Å². The Kier molecular flexibility index (Phi) is 3.55. The summed E-state index contributed by atoms with van der Waals surface area (Å²) < 4.78 is 1.28. The SMILES string of the molecule is S=C(NC1CC1)N1CCCC[C@@H]1c1nc2ccccc2s1. The Morgan fingerprint density at radius 3 is 2.90 bits per heavy atom. The van der Waals surface area contributed by atoms with Gasteiger partial charge in [-0.2, -0.15) is 0 Å². The van der Waals surface area contributed by atoms with Gasteiger partial charge in [-0.3, -0.25) is 0 Å². The van der Waals surface area contributed by atoms with Crippen LogP contribution in [0.15, 0.2) is 24.3 Å². The van der Waals surface area contributed by atoms with E-state index >= 15 is 0 Å². The number of hydrogen-bond donors (Lipinski definition) is 1. The van der Waals surface area contributed by atoms with Crippen LogP contribution < -0.4 is 5.32 Å². The molecular formula is C16H19N3S2. The molecule has 1 atom stereocenters. The fraction of sp³-hybridized carbons (Fsp3) is 0.500. The van der Waals surface area contributed by atoms with Crippen LogP contribution in [0, 0.1) is 0 Å². The number of aromatic nitrogens is 1. The van der Waals surface area contributed by atoms with Crippen LogP contribution in [-0.2, 0) is 0 Å². The second-order valence-electron chi connectivity index (χ2n) is 5.95. The van der Waals surface area contributed by atoms with Gasteiger partial charge in [-0.15, -0.1) is 11.3 Å². The normalized spacial score (nSPS) is 22.5. The fourth-order valence-electron chi connectivity index (χ4n) is 2.95. The zero-order chi connectivity index (χ0) is 14.2. The zero-order valence-corrected chi connectivity index (χ0v) is 13.6. The molecular weight excluding hydrogens is 298 g/mol. The first-order valence-corrected chi connectivity index (χ1v) is 8.96. The summed E-state index contributed by atoms with van der Waals surface area (Å²) >= 11 is 7.46. The van der Waals surface area contributed by atoms with Crippen LogP contribution in [0.5, 0.6) is 0 Å². The maximum atomic E-state index is 5.64. The molecule has 0 amide bonds. The van der Waals surface area contributed by atoms with Crippen molar-refractivity contribution in [1.29, 1.82) is 0 Å². The second kappa shape index (κ2) is 5.54. The second-order valence-corrected chi connectivity index (χ2v) is 7.40. The summed E-state index contributed by atoms with van der Waals surface area (Å²) in [5.41, 5.74) is 1.11. The Hall–Kier alpha value is -1.20. The van der Waals surface area contributed by atoms with Crippen molar-refractivity contribution < 1.29 is 0 Å². The molecule has 1 saturated carbocycles. The van der Waals surface area contributed by atoms with Crippen molar-refractivity contribution >= 4 is 38.9 Å². The zero-order valence-electron chi connectivity index (χ0n) is 11.9. The van der Waals surface area contributed by atoms with Gasteiger partial charge < -0.3 is 10.2 Å². The Balaban J connectivity index is 1.61. The monoisotopic (exact) mass is 317 g/mol. The average Bonchev–Trinajstić information content (AvgIpc) is 3.22. The summed E-state index contributed by atoms with van der Waals surface area (Å²) in [5, 5.41) is 5.64. The summed E-state index contributed by atoms with van der Waals surface area (Å²) in [4.78, 5) is 7.22. The molecule has 2 heterocycles. The van der Waals surface area contributed by atoms with E-state index in [-0.39, 0.29) is 0 Å². The lowest BCUT2D eigenvalue weighted by molar-refractivity contribution is 0.242. The molecule has 1 N–H and O–H groups in total. The molecule has 2 fully saturated rings. The first-order valence-electron chi connectivity index (χ1n) is 7.74. The number of hydrogen-bond acceptors (Lipinski definition) is 3. The molecule has 1 aliphatic heterocycles. The molecule has 5 heteroatoms. The van der Waals surface area contributed by atoms with Crippen LogP contribution in [0.25, 0.3) is 10.2 Å². The molecule has 0 unspecified atom stereocenters. The van der Waals surface area contributed by atoms with Gasteiger partial charge in [0, 0.05) is 12.6 Å². The van der Waals surface area contributed by atoms with Crippen molar-refractivity contribution in [1.82, 2.24) is 15.2 Å². The molecule has 21 heavy (non-hydrogen) atoms. The number of nitrogens with one attached hydrogen (secondary N) is 1. The quantitative estimate of drug-likeness (QED) is 0.851. The number of likely N-dealkylation sites (tertiary alicyclic amines) is 1. The summed E-state index contributed by atoms with van der Waals surface area (Å²) in [6.45, 7) is 1.05. The summed E-state index contributed by atoms with van der Waals surface area (Å²) in [5.74, 6) is 0. The van der Waals surface area contributed by atoms with Crippen molar-refractivity contribution in [3.63, 3.8) is 0 Å². The van der Waals surface area contributed by atoms with Crippen LogP contribution in [0.3, 0.4) is 0 Å². The molecule has 3 nitrogen and oxygen atoms in total. The van der Waals surface area contributed by atoms with Crippen LogP contribution in [0.2, 0.25) is 0 Å². The third kappa shape index (κ3) is 2.77. The van der Waals surface area contributed by atoms with Gasteiger partial charge in [0.25, 0.3) is 0 Å². The van der Waals surface area contributed by atoms with Crippen molar-refractivity contribution in [2.24, 2.45) is 0 Å². The van der Waals surface area contributed by atoms with Gasteiger partial charge in [0.15, 0.2) is 5.11 Å². The molecule has 0 radical (unpaired) electrons. The molecule has 1 saturated heterocycles. The molecule has 1 aromatic heterocycles. The number of benzene rings is 1. The summed E-state index contributed by atoms with van der Waals surface area (Å²) in [6.07, 6.45) is 6.18. The third-order valence-electron chi connectivity index (χ3n) is 4.26. The smallest absolute Gasteiger partial charge is 0.169 e. The fourth-order valence-corrected chi connectivity index (χ4v) is 4.45. The molecule has 4 rings (SSSR count). The Bertz CT molecular complexity index is 629. The number of para-hydroxylation sites is 1. The van der Waals surface area contributed by atoms with E-state index in [0.29, 0.717) is 12.1 Å². The standard InChI is InChI=1S/C16H19N3S2/c20-16(17-11-8-9-11)19-10-4-3-6-13(19)15-18-12-5-1-2-7-14(12)21-15/h1-2,5,7,11,13H,3-4,6,8-10H2,(H,17,20)/t13-/m1/s1. The lowest BCUT2D eigenvalue weighted by Crippen LogP contribution is -2.45. The molecule has 0 bridgehead atoms. The van der Waals surface area contributed by atoms with Crippen LogP contribution in [0.1, 0.15) is 43.2 Å². The number of piperidine rings is 1. The highest BCUT2D eigenvalue weighted by molar-refractivity contribution is 7.80. The predicted molar refractivity (Wildman–Crippen MR) is 91.7 cm³/mol. The number of thiocarbonyl (C=S) groups is 1. The maximum absolute atomic E-state index is 5.64. The van der Waals surface area contributed by atoms with E-state index in [2.05, 4.69) is 34.5 Å². The third-order valence-corrected chi connectivity index (χ3v) is 5.75. The average molecular weight is 317 g/mol. The molecule has 1 aromatic carbocycles. The molecule has 0 spiro atoms. The Morgan fingerprint density at radius 1 is 1.24 bits per heavy atom. The van der Waals surface area contributed by atoms with E-state index < -0.39 is 0 Å². The van der Waals surface area contributed by atoms with Gasteiger partial charge >= 0.3 is 0 Å². The van der Waals surface area contributed by atoms with E-state index in [1.165, 1.54) is 35.4 Å². The minimum atomic E-state index is 0.356. The highest BCUT2D eigenvalue weighted by Crippen LogP contribution is 2.36. The highest BCUT2D eigenvalue weighted by atomic mass is 32.1. The van der Waals surface area contributed by atoms with Gasteiger partial charge in [-0.1, -0.05) is 12.1 Å². The lowest BCUT2D eigenvalue weighted by Gasteiger charge is -2.36. The van der Waals surface area contributed by atoms with Crippen molar-refractivity contribution in [2.45, 2.75) is 44.2 Å². The highest BCUT2D eigenvalue weighted by Gasteiger charge is 2.31. The lowest BCUT2D eigenvalue weighted by atomic mass is 10.0. The number of thiazole rings is 1.